The van der Waals surface area contributed by atoms with E-state index in [-0.39, 0.29) is 24.6 Å². The van der Waals surface area contributed by atoms with Gasteiger partial charge in [0.25, 0.3) is 5.91 Å². The SMILES string of the molecule is CCC(CC)NC(=O)COc1ccc(C)nc1CC(C)N. The molecular formula is C16H27N3O2. The molecule has 1 aromatic rings. The summed E-state index contributed by atoms with van der Waals surface area (Å²) in [5, 5.41) is 2.95. The second-order valence-corrected chi connectivity index (χ2v) is 5.45. The van der Waals surface area contributed by atoms with E-state index in [2.05, 4.69) is 24.1 Å². The van der Waals surface area contributed by atoms with Crippen molar-refractivity contribution in [2.24, 2.45) is 5.73 Å². The van der Waals surface area contributed by atoms with E-state index in [1.54, 1.807) is 0 Å². The van der Waals surface area contributed by atoms with E-state index in [1.165, 1.54) is 0 Å². The number of nitrogens with zero attached hydrogens (tertiary/aromatic N) is 1. The molecule has 0 radical (unpaired) electrons. The Kier molecular flexibility index (Phi) is 7.15. The molecule has 0 aliphatic rings. The number of carbonyl (C=O) groups is 1. The van der Waals surface area contributed by atoms with Crippen molar-refractivity contribution in [3.63, 3.8) is 0 Å². The van der Waals surface area contributed by atoms with Gasteiger partial charge in [-0.15, -0.1) is 0 Å². The molecule has 21 heavy (non-hydrogen) atoms. The molecule has 0 saturated carbocycles. The van der Waals surface area contributed by atoms with Crippen LogP contribution in [0.25, 0.3) is 0 Å². The van der Waals surface area contributed by atoms with E-state index in [0.29, 0.717) is 12.2 Å². The van der Waals surface area contributed by atoms with Crippen LogP contribution < -0.4 is 15.8 Å². The maximum Gasteiger partial charge on any atom is 0.258 e. The van der Waals surface area contributed by atoms with E-state index in [4.69, 9.17) is 10.5 Å². The third-order valence-corrected chi connectivity index (χ3v) is 3.30. The number of hydrogen-bond donors (Lipinski definition) is 2. The predicted octanol–water partition coefficient (Wildman–Crippen LogP) is 1.96. The van der Waals surface area contributed by atoms with Crippen LogP contribution in [0.1, 0.15) is 45.0 Å². The zero-order valence-corrected chi connectivity index (χ0v) is 13.5. The minimum atomic E-state index is -0.101. The smallest absolute Gasteiger partial charge is 0.258 e. The molecule has 5 nitrogen and oxygen atoms in total. The summed E-state index contributed by atoms with van der Waals surface area (Å²) in [6.45, 7) is 7.97. The lowest BCUT2D eigenvalue weighted by Gasteiger charge is -2.16. The van der Waals surface area contributed by atoms with Crippen molar-refractivity contribution in [2.75, 3.05) is 6.61 Å². The van der Waals surface area contributed by atoms with Gasteiger partial charge in [0.2, 0.25) is 0 Å². The summed E-state index contributed by atoms with van der Waals surface area (Å²) in [5.41, 5.74) is 7.55. The van der Waals surface area contributed by atoms with Crippen LogP contribution in [0.15, 0.2) is 12.1 Å². The number of aromatic nitrogens is 1. The van der Waals surface area contributed by atoms with Gasteiger partial charge >= 0.3 is 0 Å². The van der Waals surface area contributed by atoms with Gasteiger partial charge in [-0.1, -0.05) is 13.8 Å². The fourth-order valence-electron chi connectivity index (χ4n) is 2.09. The first kappa shape index (κ1) is 17.4. The summed E-state index contributed by atoms with van der Waals surface area (Å²) in [7, 11) is 0. The van der Waals surface area contributed by atoms with Gasteiger partial charge in [0, 0.05) is 24.2 Å². The Hall–Kier alpha value is -1.62. The Bertz CT molecular complexity index is 457. The molecule has 0 fully saturated rings. The first-order valence-electron chi connectivity index (χ1n) is 7.60. The summed E-state index contributed by atoms with van der Waals surface area (Å²) in [5.74, 6) is 0.536. The van der Waals surface area contributed by atoms with E-state index >= 15 is 0 Å². The zero-order valence-electron chi connectivity index (χ0n) is 13.5. The number of pyridine rings is 1. The fraction of sp³-hybridized carbons (Fsp3) is 0.625. The molecule has 0 aromatic carbocycles. The topological polar surface area (TPSA) is 77.2 Å². The highest BCUT2D eigenvalue weighted by Crippen LogP contribution is 2.18. The van der Waals surface area contributed by atoms with Crippen molar-refractivity contribution >= 4 is 5.91 Å². The number of nitrogens with one attached hydrogen (secondary N) is 1. The van der Waals surface area contributed by atoms with Gasteiger partial charge < -0.3 is 15.8 Å². The summed E-state index contributed by atoms with van der Waals surface area (Å²) >= 11 is 0. The Morgan fingerprint density at radius 1 is 1.38 bits per heavy atom. The van der Waals surface area contributed by atoms with E-state index in [0.717, 1.165) is 24.2 Å². The normalized spacial score (nSPS) is 12.3. The minimum Gasteiger partial charge on any atom is -0.482 e. The summed E-state index contributed by atoms with van der Waals surface area (Å²) in [6, 6.07) is 3.93. The highest BCUT2D eigenvalue weighted by atomic mass is 16.5. The number of aryl methyl sites for hydroxylation is 1. The molecule has 1 atom stereocenters. The lowest BCUT2D eigenvalue weighted by atomic mass is 10.1. The highest BCUT2D eigenvalue weighted by molar-refractivity contribution is 5.77. The molecule has 3 N–H and O–H groups in total. The summed E-state index contributed by atoms with van der Waals surface area (Å²) < 4.78 is 5.61. The molecule has 0 saturated heterocycles. The van der Waals surface area contributed by atoms with Crippen LogP contribution in [0.3, 0.4) is 0 Å². The molecule has 1 amide bonds. The van der Waals surface area contributed by atoms with Gasteiger partial charge in [0.05, 0.1) is 5.69 Å². The molecule has 0 bridgehead atoms. The Morgan fingerprint density at radius 2 is 2.05 bits per heavy atom. The van der Waals surface area contributed by atoms with Crippen LogP contribution in [0.2, 0.25) is 0 Å². The summed E-state index contributed by atoms with van der Waals surface area (Å²) in [6.07, 6.45) is 2.47. The van der Waals surface area contributed by atoms with Gasteiger partial charge in [0.1, 0.15) is 5.75 Å². The number of nitrogens with two attached hydrogens (primary N) is 1. The molecule has 1 unspecified atom stereocenters. The van der Waals surface area contributed by atoms with Gasteiger partial charge in [0.15, 0.2) is 6.61 Å². The van der Waals surface area contributed by atoms with Crippen molar-refractivity contribution in [1.29, 1.82) is 0 Å². The van der Waals surface area contributed by atoms with Crippen LogP contribution in [0.5, 0.6) is 5.75 Å². The summed E-state index contributed by atoms with van der Waals surface area (Å²) in [4.78, 5) is 16.3. The van der Waals surface area contributed by atoms with Gasteiger partial charge in [-0.3, -0.25) is 9.78 Å². The average molecular weight is 293 g/mol. The van der Waals surface area contributed by atoms with Gasteiger partial charge in [-0.2, -0.15) is 0 Å². The molecule has 0 aliphatic heterocycles. The van der Waals surface area contributed by atoms with Crippen LogP contribution in [-0.2, 0) is 11.2 Å². The number of carbonyl (C=O) groups excluding carboxylic acids is 1. The Balaban J connectivity index is 2.64. The number of hydrogen-bond acceptors (Lipinski definition) is 4. The second-order valence-electron chi connectivity index (χ2n) is 5.45. The Morgan fingerprint density at radius 3 is 2.62 bits per heavy atom. The molecular weight excluding hydrogens is 266 g/mol. The van der Waals surface area contributed by atoms with Crippen LogP contribution >= 0.6 is 0 Å². The van der Waals surface area contributed by atoms with Crippen molar-refractivity contribution in [3.05, 3.63) is 23.5 Å². The number of rotatable bonds is 8. The average Bonchev–Trinajstić information content (AvgIpc) is 2.43. The molecule has 5 heteroatoms. The number of amides is 1. The third kappa shape index (κ3) is 6.12. The van der Waals surface area contributed by atoms with E-state index < -0.39 is 0 Å². The molecule has 1 aromatic heterocycles. The van der Waals surface area contributed by atoms with Crippen molar-refractivity contribution in [1.82, 2.24) is 10.3 Å². The molecule has 1 heterocycles. The quantitative estimate of drug-likeness (QED) is 0.768. The van der Waals surface area contributed by atoms with Crippen molar-refractivity contribution in [2.45, 2.75) is 59.0 Å². The van der Waals surface area contributed by atoms with E-state index in [1.807, 2.05) is 26.0 Å². The largest absolute Gasteiger partial charge is 0.482 e. The lowest BCUT2D eigenvalue weighted by molar-refractivity contribution is -0.123. The molecule has 0 spiro atoms. The Labute approximate surface area is 127 Å². The monoisotopic (exact) mass is 293 g/mol. The minimum absolute atomic E-state index is 0.0000368. The first-order valence-corrected chi connectivity index (χ1v) is 7.60. The highest BCUT2D eigenvalue weighted by Gasteiger charge is 2.12. The van der Waals surface area contributed by atoms with Crippen LogP contribution in [0.4, 0.5) is 0 Å². The van der Waals surface area contributed by atoms with Gasteiger partial charge in [-0.25, -0.2) is 0 Å². The molecule has 1 rings (SSSR count). The lowest BCUT2D eigenvalue weighted by Crippen LogP contribution is -2.37. The number of ether oxygens (including phenoxy) is 1. The van der Waals surface area contributed by atoms with Gasteiger partial charge in [-0.05, 0) is 38.8 Å². The maximum atomic E-state index is 11.9. The fourth-order valence-corrected chi connectivity index (χ4v) is 2.09. The van der Waals surface area contributed by atoms with Crippen molar-refractivity contribution < 1.29 is 9.53 Å². The standard InChI is InChI=1S/C16H27N3O2/c1-5-13(6-2)19-16(20)10-21-15-8-7-12(4)18-14(15)9-11(3)17/h7-8,11,13H,5-6,9-10,17H2,1-4H3,(H,19,20). The third-order valence-electron chi connectivity index (χ3n) is 3.30. The predicted molar refractivity (Wildman–Crippen MR) is 84.3 cm³/mol. The molecule has 0 aliphatic carbocycles. The first-order chi connectivity index (χ1) is 9.96. The maximum absolute atomic E-state index is 11.9. The van der Waals surface area contributed by atoms with E-state index in [9.17, 15) is 4.79 Å². The zero-order chi connectivity index (χ0) is 15.8. The second kappa shape index (κ2) is 8.62. The van der Waals surface area contributed by atoms with Crippen LogP contribution in [-0.4, -0.2) is 29.6 Å². The molecule has 118 valence electrons. The van der Waals surface area contributed by atoms with Crippen LogP contribution in [0, 0.1) is 6.92 Å². The van der Waals surface area contributed by atoms with Crippen molar-refractivity contribution in [3.8, 4) is 5.75 Å².